The minimum Gasteiger partial charge on any atom is -0.495 e. The third-order valence-corrected chi connectivity index (χ3v) is 9.49. The van der Waals surface area contributed by atoms with E-state index < -0.39 is 37.3 Å². The summed E-state index contributed by atoms with van der Waals surface area (Å²) in [6.45, 7) is 4.67. The lowest BCUT2D eigenvalue weighted by Crippen LogP contribution is -2.40. The molecule has 0 saturated carbocycles. The number of carbonyl (C=O) groups is 1. The molecular formula is C22H28FN3O7S2. The number of ether oxygens (including phenoxy) is 2. The van der Waals surface area contributed by atoms with E-state index in [0.29, 0.717) is 0 Å². The first-order valence-corrected chi connectivity index (χ1v) is 13.8. The summed E-state index contributed by atoms with van der Waals surface area (Å²) in [4.78, 5) is 12.6. The average molecular weight is 530 g/mol. The Morgan fingerprint density at radius 3 is 2.29 bits per heavy atom. The molecule has 1 aliphatic heterocycles. The number of rotatable bonds is 9. The predicted molar refractivity (Wildman–Crippen MR) is 127 cm³/mol. The number of benzene rings is 2. The molecule has 1 amide bonds. The van der Waals surface area contributed by atoms with E-state index >= 15 is 0 Å². The highest BCUT2D eigenvalue weighted by Gasteiger charge is 2.28. The van der Waals surface area contributed by atoms with Gasteiger partial charge < -0.3 is 14.8 Å². The Hall–Kier alpha value is -2.58. The molecule has 192 valence electrons. The summed E-state index contributed by atoms with van der Waals surface area (Å²) in [7, 11) is -6.47. The molecule has 1 heterocycles. The van der Waals surface area contributed by atoms with E-state index in [2.05, 4.69) is 5.32 Å². The minimum atomic E-state index is -3.96. The summed E-state index contributed by atoms with van der Waals surface area (Å²) < 4.78 is 79.1. The van der Waals surface area contributed by atoms with Crippen molar-refractivity contribution >= 4 is 31.6 Å². The zero-order chi connectivity index (χ0) is 25.8. The van der Waals surface area contributed by atoms with Crippen molar-refractivity contribution in [3.05, 3.63) is 47.8 Å². The standard InChI is InChI=1S/C22H28FN3O7S2/c1-4-25(5-2)34(28,29)17-7-9-21(32-3)20(15-17)24-22(27)18-14-16(6-8-19(18)23)35(30,31)26-10-12-33-13-11-26/h6-9,14-15H,4-5,10-13H2,1-3H3,(H,24,27). The summed E-state index contributed by atoms with van der Waals surface area (Å²) in [5, 5.41) is 2.45. The van der Waals surface area contributed by atoms with Crippen LogP contribution in [0, 0.1) is 5.82 Å². The van der Waals surface area contributed by atoms with Gasteiger partial charge in [0.05, 0.1) is 41.4 Å². The van der Waals surface area contributed by atoms with Crippen LogP contribution in [0.1, 0.15) is 24.2 Å². The molecule has 0 atom stereocenters. The molecule has 0 aliphatic carbocycles. The molecule has 0 bridgehead atoms. The third kappa shape index (κ3) is 5.64. The fourth-order valence-electron chi connectivity index (χ4n) is 3.62. The predicted octanol–water partition coefficient (Wildman–Crippen LogP) is 2.14. The summed E-state index contributed by atoms with van der Waals surface area (Å²) in [6.07, 6.45) is 0. The van der Waals surface area contributed by atoms with E-state index in [1.807, 2.05) is 0 Å². The second-order valence-electron chi connectivity index (χ2n) is 7.56. The van der Waals surface area contributed by atoms with Gasteiger partial charge in [0.25, 0.3) is 5.91 Å². The van der Waals surface area contributed by atoms with Gasteiger partial charge >= 0.3 is 0 Å². The van der Waals surface area contributed by atoms with Crippen molar-refractivity contribution in [3.63, 3.8) is 0 Å². The number of nitrogens with zero attached hydrogens (tertiary/aromatic N) is 2. The van der Waals surface area contributed by atoms with Crippen LogP contribution >= 0.6 is 0 Å². The Balaban J connectivity index is 1.96. The maximum absolute atomic E-state index is 14.6. The van der Waals surface area contributed by atoms with Crippen molar-refractivity contribution in [2.24, 2.45) is 0 Å². The number of amides is 1. The SMILES string of the molecule is CCN(CC)S(=O)(=O)c1ccc(OC)c(NC(=O)c2cc(S(=O)(=O)N3CCOCC3)ccc2F)c1. The largest absolute Gasteiger partial charge is 0.495 e. The monoisotopic (exact) mass is 529 g/mol. The summed E-state index contributed by atoms with van der Waals surface area (Å²) >= 11 is 0. The lowest BCUT2D eigenvalue weighted by Gasteiger charge is -2.26. The van der Waals surface area contributed by atoms with Crippen LogP contribution in [0.4, 0.5) is 10.1 Å². The number of methoxy groups -OCH3 is 1. The van der Waals surface area contributed by atoms with Crippen molar-refractivity contribution in [1.82, 2.24) is 8.61 Å². The third-order valence-electron chi connectivity index (χ3n) is 5.55. The maximum atomic E-state index is 14.6. The topological polar surface area (TPSA) is 122 Å². The highest BCUT2D eigenvalue weighted by molar-refractivity contribution is 7.89. The van der Waals surface area contributed by atoms with Gasteiger partial charge in [-0.1, -0.05) is 13.8 Å². The second kappa shape index (κ2) is 11.0. The lowest BCUT2D eigenvalue weighted by molar-refractivity contribution is 0.0730. The molecule has 0 radical (unpaired) electrons. The van der Waals surface area contributed by atoms with E-state index in [9.17, 15) is 26.0 Å². The van der Waals surface area contributed by atoms with Gasteiger partial charge in [0.15, 0.2) is 0 Å². The van der Waals surface area contributed by atoms with Gasteiger partial charge in [-0.15, -0.1) is 0 Å². The van der Waals surface area contributed by atoms with Gasteiger partial charge in [-0.25, -0.2) is 21.2 Å². The van der Waals surface area contributed by atoms with Gasteiger partial charge in [-0.3, -0.25) is 4.79 Å². The summed E-state index contributed by atoms with van der Waals surface area (Å²) in [6, 6.07) is 6.89. The van der Waals surface area contributed by atoms with Gasteiger partial charge in [0.1, 0.15) is 11.6 Å². The van der Waals surface area contributed by atoms with Crippen molar-refractivity contribution < 1.29 is 35.5 Å². The molecule has 2 aromatic carbocycles. The lowest BCUT2D eigenvalue weighted by atomic mass is 10.2. The molecular weight excluding hydrogens is 501 g/mol. The number of halogens is 1. The van der Waals surface area contributed by atoms with E-state index in [1.54, 1.807) is 13.8 Å². The highest BCUT2D eigenvalue weighted by atomic mass is 32.2. The van der Waals surface area contributed by atoms with E-state index in [4.69, 9.17) is 9.47 Å². The smallest absolute Gasteiger partial charge is 0.258 e. The van der Waals surface area contributed by atoms with Crippen molar-refractivity contribution in [1.29, 1.82) is 0 Å². The first-order chi connectivity index (χ1) is 16.6. The number of hydrogen-bond acceptors (Lipinski definition) is 7. The minimum absolute atomic E-state index is 0.00780. The maximum Gasteiger partial charge on any atom is 0.258 e. The highest BCUT2D eigenvalue weighted by Crippen LogP contribution is 2.30. The Morgan fingerprint density at radius 1 is 1.06 bits per heavy atom. The zero-order valence-corrected chi connectivity index (χ0v) is 21.3. The summed E-state index contributed by atoms with van der Waals surface area (Å²) in [5.74, 6) is -1.75. The van der Waals surface area contributed by atoms with E-state index in [1.165, 1.54) is 33.9 Å². The molecule has 2 aromatic rings. The van der Waals surface area contributed by atoms with Crippen molar-refractivity contribution in [2.75, 3.05) is 51.8 Å². The van der Waals surface area contributed by atoms with Crippen LogP contribution in [0.15, 0.2) is 46.2 Å². The molecule has 1 saturated heterocycles. The van der Waals surface area contributed by atoms with Crippen LogP contribution in [-0.2, 0) is 24.8 Å². The molecule has 35 heavy (non-hydrogen) atoms. The summed E-state index contributed by atoms with van der Waals surface area (Å²) in [5.41, 5.74) is -0.523. The van der Waals surface area contributed by atoms with Gasteiger partial charge in [0, 0.05) is 26.2 Å². The number of anilines is 1. The Morgan fingerprint density at radius 2 is 1.69 bits per heavy atom. The fraction of sp³-hybridized carbons (Fsp3) is 0.409. The quantitative estimate of drug-likeness (QED) is 0.528. The normalized spacial score (nSPS) is 15.2. The molecule has 0 spiro atoms. The Kier molecular flexibility index (Phi) is 8.49. The number of hydrogen-bond donors (Lipinski definition) is 1. The van der Waals surface area contributed by atoms with Crippen molar-refractivity contribution in [2.45, 2.75) is 23.6 Å². The van der Waals surface area contributed by atoms with E-state index in [0.717, 1.165) is 18.2 Å². The number of nitrogens with one attached hydrogen (secondary N) is 1. The van der Waals surface area contributed by atoms with Gasteiger partial charge in [-0.05, 0) is 36.4 Å². The number of carbonyl (C=O) groups excluding carboxylic acids is 1. The first-order valence-electron chi connectivity index (χ1n) is 10.9. The fourth-order valence-corrected chi connectivity index (χ4v) is 6.54. The molecule has 10 nitrogen and oxygen atoms in total. The molecule has 1 aliphatic rings. The molecule has 3 rings (SSSR count). The molecule has 1 N–H and O–H groups in total. The number of sulfonamides is 2. The first kappa shape index (κ1) is 27.0. The Labute approximate surface area is 204 Å². The van der Waals surface area contributed by atoms with Crippen LogP contribution in [0.3, 0.4) is 0 Å². The molecule has 1 fully saturated rings. The number of morpholine rings is 1. The van der Waals surface area contributed by atoms with Crippen LogP contribution in [0.2, 0.25) is 0 Å². The van der Waals surface area contributed by atoms with Gasteiger partial charge in [-0.2, -0.15) is 8.61 Å². The van der Waals surface area contributed by atoms with E-state index in [-0.39, 0.29) is 60.6 Å². The average Bonchev–Trinajstić information content (AvgIpc) is 2.85. The van der Waals surface area contributed by atoms with Crippen LogP contribution in [-0.4, -0.2) is 77.9 Å². The second-order valence-corrected chi connectivity index (χ2v) is 11.4. The molecule has 0 unspecified atom stereocenters. The zero-order valence-electron chi connectivity index (χ0n) is 19.7. The van der Waals surface area contributed by atoms with Crippen LogP contribution in [0.5, 0.6) is 5.75 Å². The van der Waals surface area contributed by atoms with Crippen LogP contribution in [0.25, 0.3) is 0 Å². The molecule has 0 aromatic heterocycles. The van der Waals surface area contributed by atoms with Crippen LogP contribution < -0.4 is 10.1 Å². The van der Waals surface area contributed by atoms with Crippen molar-refractivity contribution in [3.8, 4) is 5.75 Å². The molecule has 13 heteroatoms. The van der Waals surface area contributed by atoms with Gasteiger partial charge in [0.2, 0.25) is 20.0 Å². The Bertz CT molecular complexity index is 1290.